The summed E-state index contributed by atoms with van der Waals surface area (Å²) >= 11 is 18.4. The van der Waals surface area contributed by atoms with Gasteiger partial charge in [0.05, 0.1) is 12.0 Å². The average molecular weight is 419 g/mol. The fourth-order valence-corrected chi connectivity index (χ4v) is 3.17. The van der Waals surface area contributed by atoms with Gasteiger partial charge < -0.3 is 11.1 Å². The Balaban J connectivity index is 1.98. The molecule has 1 aromatic heterocycles. The molecule has 27 heavy (non-hydrogen) atoms. The largest absolute Gasteiger partial charge is 0.393 e. The standard InChI is InChI=1S/C19H14Cl3N5/c1-10-6-13(14(8-23)11-2-4-12(20)5-3-11)15(21)7-16(10)27-19-17(24)18(22)25-9-26-19/h2-7,9,14H,24H2,1H3,(H,25,26,27). The first-order valence-electron chi connectivity index (χ1n) is 7.88. The van der Waals surface area contributed by atoms with Gasteiger partial charge in [0.25, 0.3) is 0 Å². The molecule has 1 atom stereocenters. The summed E-state index contributed by atoms with van der Waals surface area (Å²) < 4.78 is 0. The van der Waals surface area contributed by atoms with E-state index in [0.717, 1.165) is 11.1 Å². The zero-order chi connectivity index (χ0) is 19.6. The molecule has 0 aliphatic carbocycles. The van der Waals surface area contributed by atoms with Crippen LogP contribution in [0.5, 0.6) is 0 Å². The molecule has 0 saturated carbocycles. The summed E-state index contributed by atoms with van der Waals surface area (Å²) in [6.07, 6.45) is 1.32. The van der Waals surface area contributed by atoms with E-state index in [0.29, 0.717) is 27.1 Å². The molecule has 8 heteroatoms. The number of rotatable bonds is 4. The maximum absolute atomic E-state index is 9.68. The van der Waals surface area contributed by atoms with Crippen molar-refractivity contribution in [1.29, 1.82) is 5.26 Å². The first-order chi connectivity index (χ1) is 12.9. The average Bonchev–Trinajstić information content (AvgIpc) is 2.65. The maximum Gasteiger partial charge on any atom is 0.158 e. The smallest absolute Gasteiger partial charge is 0.158 e. The molecule has 1 heterocycles. The third-order valence-corrected chi connectivity index (χ3v) is 4.96. The second kappa shape index (κ2) is 8.01. The second-order valence-corrected chi connectivity index (χ2v) is 7.06. The molecule has 2 aromatic carbocycles. The summed E-state index contributed by atoms with van der Waals surface area (Å²) in [4.78, 5) is 7.92. The van der Waals surface area contributed by atoms with Crippen molar-refractivity contribution in [3.63, 3.8) is 0 Å². The van der Waals surface area contributed by atoms with E-state index in [1.54, 1.807) is 18.2 Å². The lowest BCUT2D eigenvalue weighted by Crippen LogP contribution is -2.04. The Morgan fingerprint density at radius 3 is 2.48 bits per heavy atom. The number of nitrogens with one attached hydrogen (secondary N) is 1. The summed E-state index contributed by atoms with van der Waals surface area (Å²) in [5.41, 5.74) is 9.25. The minimum absolute atomic E-state index is 0.167. The third kappa shape index (κ3) is 4.09. The lowest BCUT2D eigenvalue weighted by atomic mass is 9.91. The van der Waals surface area contributed by atoms with Gasteiger partial charge in [0.2, 0.25) is 0 Å². The molecule has 0 saturated heterocycles. The molecule has 5 nitrogen and oxygen atoms in total. The number of hydrogen-bond donors (Lipinski definition) is 2. The van der Waals surface area contributed by atoms with Crippen LogP contribution in [0.4, 0.5) is 17.2 Å². The van der Waals surface area contributed by atoms with Crippen LogP contribution >= 0.6 is 34.8 Å². The topological polar surface area (TPSA) is 87.6 Å². The van der Waals surface area contributed by atoms with Crippen LogP contribution in [0.25, 0.3) is 0 Å². The number of hydrogen-bond acceptors (Lipinski definition) is 5. The second-order valence-electron chi connectivity index (χ2n) is 5.85. The predicted molar refractivity (Wildman–Crippen MR) is 110 cm³/mol. The first-order valence-corrected chi connectivity index (χ1v) is 9.02. The molecular weight excluding hydrogens is 405 g/mol. The molecule has 0 spiro atoms. The summed E-state index contributed by atoms with van der Waals surface area (Å²) in [5, 5.41) is 14.0. The lowest BCUT2D eigenvalue weighted by Gasteiger charge is -2.17. The van der Waals surface area contributed by atoms with E-state index >= 15 is 0 Å². The van der Waals surface area contributed by atoms with Crippen molar-refractivity contribution in [2.45, 2.75) is 12.8 Å². The van der Waals surface area contributed by atoms with Crippen LogP contribution in [0.1, 0.15) is 22.6 Å². The fourth-order valence-electron chi connectivity index (χ4n) is 2.64. The van der Waals surface area contributed by atoms with E-state index in [9.17, 15) is 5.26 Å². The Bertz CT molecular complexity index is 1030. The summed E-state index contributed by atoms with van der Waals surface area (Å²) in [7, 11) is 0. The van der Waals surface area contributed by atoms with Gasteiger partial charge >= 0.3 is 0 Å². The van der Waals surface area contributed by atoms with Crippen LogP contribution in [0.2, 0.25) is 15.2 Å². The predicted octanol–water partition coefficient (Wildman–Crippen LogP) is 5.73. The van der Waals surface area contributed by atoms with Gasteiger partial charge in [-0.1, -0.05) is 53.0 Å². The SMILES string of the molecule is Cc1cc(C(C#N)c2ccc(Cl)cc2)c(Cl)cc1Nc1ncnc(Cl)c1N. The number of halogens is 3. The van der Waals surface area contributed by atoms with Crippen LogP contribution in [-0.2, 0) is 0 Å². The van der Waals surface area contributed by atoms with Gasteiger partial charge in [-0.15, -0.1) is 0 Å². The number of nitrogen functional groups attached to an aromatic ring is 1. The molecule has 136 valence electrons. The highest BCUT2D eigenvalue weighted by Gasteiger charge is 2.19. The zero-order valence-corrected chi connectivity index (χ0v) is 16.4. The minimum Gasteiger partial charge on any atom is -0.393 e. The van der Waals surface area contributed by atoms with Gasteiger partial charge in [0.1, 0.15) is 12.0 Å². The van der Waals surface area contributed by atoms with Crippen LogP contribution in [0, 0.1) is 18.3 Å². The third-order valence-electron chi connectivity index (χ3n) is 4.08. The molecular formula is C19H14Cl3N5. The summed E-state index contributed by atoms with van der Waals surface area (Å²) in [6, 6.07) is 13.0. The van der Waals surface area contributed by atoms with Gasteiger partial charge in [-0.05, 0) is 41.8 Å². The highest BCUT2D eigenvalue weighted by molar-refractivity contribution is 6.32. The Morgan fingerprint density at radius 1 is 1.11 bits per heavy atom. The van der Waals surface area contributed by atoms with Crippen LogP contribution in [0.3, 0.4) is 0 Å². The lowest BCUT2D eigenvalue weighted by molar-refractivity contribution is 1.03. The van der Waals surface area contributed by atoms with E-state index in [2.05, 4.69) is 21.4 Å². The molecule has 3 N–H and O–H groups in total. The molecule has 0 radical (unpaired) electrons. The molecule has 0 bridgehead atoms. The number of nitrogens with zero attached hydrogens (tertiary/aromatic N) is 3. The molecule has 0 aliphatic heterocycles. The van der Waals surface area contributed by atoms with Crippen molar-refractivity contribution >= 4 is 52.0 Å². The molecule has 0 amide bonds. The fraction of sp³-hybridized carbons (Fsp3) is 0.105. The Hall–Kier alpha value is -2.52. The summed E-state index contributed by atoms with van der Waals surface area (Å²) in [5.74, 6) is -0.127. The first kappa shape index (κ1) is 19.2. The van der Waals surface area contributed by atoms with Crippen molar-refractivity contribution in [3.8, 4) is 6.07 Å². The van der Waals surface area contributed by atoms with Gasteiger partial charge in [-0.2, -0.15) is 5.26 Å². The Kier molecular flexibility index (Phi) is 5.71. The number of nitrogens with two attached hydrogens (primary N) is 1. The molecule has 0 aliphatic rings. The highest BCUT2D eigenvalue weighted by atomic mass is 35.5. The molecule has 3 aromatic rings. The highest BCUT2D eigenvalue weighted by Crippen LogP contribution is 2.36. The zero-order valence-electron chi connectivity index (χ0n) is 14.2. The maximum atomic E-state index is 9.68. The van der Waals surface area contributed by atoms with Crippen molar-refractivity contribution in [2.75, 3.05) is 11.1 Å². The normalized spacial score (nSPS) is 11.7. The number of benzene rings is 2. The monoisotopic (exact) mass is 417 g/mol. The molecule has 1 unspecified atom stereocenters. The van der Waals surface area contributed by atoms with Crippen molar-refractivity contribution in [1.82, 2.24) is 9.97 Å². The van der Waals surface area contributed by atoms with Crippen LogP contribution < -0.4 is 11.1 Å². The Labute approximate surface area is 171 Å². The van der Waals surface area contributed by atoms with Gasteiger partial charge in [0, 0.05) is 15.7 Å². The van der Waals surface area contributed by atoms with Gasteiger partial charge in [-0.3, -0.25) is 0 Å². The van der Waals surface area contributed by atoms with E-state index in [1.165, 1.54) is 6.33 Å². The minimum atomic E-state index is -0.513. The summed E-state index contributed by atoms with van der Waals surface area (Å²) in [6.45, 7) is 1.90. The molecule has 0 fully saturated rings. The van der Waals surface area contributed by atoms with Gasteiger partial charge in [0.15, 0.2) is 11.0 Å². The van der Waals surface area contributed by atoms with Crippen molar-refractivity contribution < 1.29 is 0 Å². The van der Waals surface area contributed by atoms with Crippen molar-refractivity contribution in [3.05, 3.63) is 74.6 Å². The van der Waals surface area contributed by atoms with E-state index in [4.69, 9.17) is 40.5 Å². The number of aromatic nitrogens is 2. The number of aryl methyl sites for hydroxylation is 1. The van der Waals surface area contributed by atoms with E-state index < -0.39 is 5.92 Å². The van der Waals surface area contributed by atoms with Crippen molar-refractivity contribution in [2.24, 2.45) is 0 Å². The number of nitriles is 1. The van der Waals surface area contributed by atoms with E-state index in [1.807, 2.05) is 25.1 Å². The Morgan fingerprint density at radius 2 is 1.81 bits per heavy atom. The van der Waals surface area contributed by atoms with Gasteiger partial charge in [-0.25, -0.2) is 9.97 Å². The van der Waals surface area contributed by atoms with Crippen LogP contribution in [0.15, 0.2) is 42.7 Å². The number of anilines is 3. The molecule has 3 rings (SSSR count). The van der Waals surface area contributed by atoms with Crippen LogP contribution in [-0.4, -0.2) is 9.97 Å². The van der Waals surface area contributed by atoms with E-state index in [-0.39, 0.29) is 10.8 Å². The quantitative estimate of drug-likeness (QED) is 0.528.